The van der Waals surface area contributed by atoms with Crippen LogP contribution in [0.4, 0.5) is 11.6 Å². The van der Waals surface area contributed by atoms with Crippen LogP contribution < -0.4 is 16.0 Å². The van der Waals surface area contributed by atoms with Gasteiger partial charge in [-0.15, -0.1) is 0 Å². The molecule has 2 heterocycles. The number of rotatable bonds is 5. The van der Waals surface area contributed by atoms with E-state index in [4.69, 9.17) is 11.0 Å². The highest BCUT2D eigenvalue weighted by atomic mass is 15.4. The average Bonchev–Trinajstić information content (AvgIpc) is 3.06. The van der Waals surface area contributed by atoms with E-state index >= 15 is 0 Å². The van der Waals surface area contributed by atoms with E-state index in [1.807, 2.05) is 24.3 Å². The molecule has 4 rings (SSSR count). The van der Waals surface area contributed by atoms with Gasteiger partial charge < -0.3 is 10.6 Å². The van der Waals surface area contributed by atoms with Crippen LogP contribution >= 0.6 is 0 Å². The molecule has 0 amide bonds. The van der Waals surface area contributed by atoms with Crippen LogP contribution in [0.1, 0.15) is 30.6 Å². The Balaban J connectivity index is 1.77. The second kappa shape index (κ2) is 7.24. The van der Waals surface area contributed by atoms with Crippen LogP contribution in [0.3, 0.4) is 0 Å². The van der Waals surface area contributed by atoms with E-state index in [0.29, 0.717) is 18.3 Å². The highest BCUT2D eigenvalue weighted by Crippen LogP contribution is 2.34. The van der Waals surface area contributed by atoms with Crippen molar-refractivity contribution in [2.24, 2.45) is 10.7 Å². The van der Waals surface area contributed by atoms with Crippen LogP contribution in [-0.2, 0) is 0 Å². The largest absolute Gasteiger partial charge is 0.371 e. The molecule has 142 valence electrons. The van der Waals surface area contributed by atoms with Gasteiger partial charge in [0.1, 0.15) is 0 Å². The number of aromatic nitrogens is 2. The zero-order valence-corrected chi connectivity index (χ0v) is 16.1. The van der Waals surface area contributed by atoms with Gasteiger partial charge in [-0.1, -0.05) is 18.2 Å². The highest BCUT2D eigenvalue weighted by Gasteiger charge is 2.26. The normalized spacial score (nSPS) is 15.5. The Morgan fingerprint density at radius 2 is 2.11 bits per heavy atom. The predicted octanol–water partition coefficient (Wildman–Crippen LogP) is 3.37. The smallest absolute Gasteiger partial charge is 0.212 e. The maximum Gasteiger partial charge on any atom is 0.212 e. The quantitative estimate of drug-likeness (QED) is 0.715. The van der Waals surface area contributed by atoms with Gasteiger partial charge in [-0.25, -0.2) is 9.98 Å². The molecule has 0 saturated carbocycles. The second-order valence-electron chi connectivity index (χ2n) is 6.84. The van der Waals surface area contributed by atoms with Crippen LogP contribution in [0.25, 0.3) is 11.0 Å². The van der Waals surface area contributed by atoms with E-state index in [2.05, 4.69) is 62.9 Å². The first kappa shape index (κ1) is 17.9. The first-order chi connectivity index (χ1) is 13.6. The highest BCUT2D eigenvalue weighted by molar-refractivity contribution is 5.94. The number of nitrogens with zero attached hydrogens (tertiary/aromatic N) is 5. The van der Waals surface area contributed by atoms with Crippen molar-refractivity contribution >= 4 is 28.6 Å². The molecule has 0 bridgehead atoms. The summed E-state index contributed by atoms with van der Waals surface area (Å²) in [5.74, 6) is 1.06. The Labute approximate surface area is 164 Å². The number of fused-ring (bicyclic) bond motifs is 3. The Morgan fingerprint density at radius 1 is 1.29 bits per heavy atom. The number of hydrogen-bond acceptors (Lipinski definition) is 6. The molecule has 1 atom stereocenters. The Morgan fingerprint density at radius 3 is 2.86 bits per heavy atom. The topological polar surface area (TPSA) is 95.3 Å². The number of hydrogen-bond donors (Lipinski definition) is 2. The van der Waals surface area contributed by atoms with Gasteiger partial charge in [-0.2, -0.15) is 5.26 Å². The van der Waals surface area contributed by atoms with Crippen molar-refractivity contribution in [2.45, 2.75) is 26.4 Å². The van der Waals surface area contributed by atoms with E-state index in [1.54, 1.807) is 0 Å². The maximum atomic E-state index is 8.89. The van der Waals surface area contributed by atoms with Crippen molar-refractivity contribution in [3.63, 3.8) is 0 Å². The number of benzene rings is 2. The van der Waals surface area contributed by atoms with E-state index < -0.39 is 0 Å². The van der Waals surface area contributed by atoms with Gasteiger partial charge in [0, 0.05) is 24.3 Å². The molecule has 0 fully saturated rings. The van der Waals surface area contributed by atoms with Crippen molar-refractivity contribution in [2.75, 3.05) is 23.3 Å². The first-order valence-corrected chi connectivity index (χ1v) is 9.42. The van der Waals surface area contributed by atoms with Crippen molar-refractivity contribution in [1.82, 2.24) is 9.55 Å². The van der Waals surface area contributed by atoms with E-state index in [1.165, 1.54) is 0 Å². The van der Waals surface area contributed by atoms with E-state index in [0.717, 1.165) is 40.9 Å². The molecule has 1 unspecified atom stereocenters. The summed E-state index contributed by atoms with van der Waals surface area (Å²) in [6.45, 7) is 5.77. The Kier molecular flexibility index (Phi) is 4.62. The summed E-state index contributed by atoms with van der Waals surface area (Å²) in [5.41, 5.74) is 11.3. The lowest BCUT2D eigenvalue weighted by Crippen LogP contribution is -2.31. The van der Waals surface area contributed by atoms with E-state index in [-0.39, 0.29) is 6.17 Å². The van der Waals surface area contributed by atoms with Gasteiger partial charge in [0.15, 0.2) is 12.1 Å². The fraction of sp³-hybridized carbons (Fsp3) is 0.286. The summed E-state index contributed by atoms with van der Waals surface area (Å²) in [4.78, 5) is 11.5. The summed E-state index contributed by atoms with van der Waals surface area (Å²) >= 11 is 0. The van der Waals surface area contributed by atoms with Gasteiger partial charge >= 0.3 is 0 Å². The number of anilines is 2. The van der Waals surface area contributed by atoms with E-state index in [9.17, 15) is 0 Å². The molecular weight excluding hydrogens is 350 g/mol. The molecule has 2 aromatic carbocycles. The Hall–Kier alpha value is -3.53. The molecule has 3 N–H and O–H groups in total. The number of nitrogens with one attached hydrogen (secondary N) is 1. The van der Waals surface area contributed by atoms with Crippen molar-refractivity contribution in [3.8, 4) is 6.07 Å². The summed E-state index contributed by atoms with van der Waals surface area (Å²) in [5, 5.41) is 12.0. The summed E-state index contributed by atoms with van der Waals surface area (Å²) in [6.07, 6.45) is 0.237. The third kappa shape index (κ3) is 3.03. The first-order valence-electron chi connectivity index (χ1n) is 9.42. The zero-order chi connectivity index (χ0) is 19.7. The predicted molar refractivity (Wildman–Crippen MR) is 112 cm³/mol. The van der Waals surface area contributed by atoms with Gasteiger partial charge in [0.25, 0.3) is 0 Å². The molecule has 7 heteroatoms. The molecule has 1 aromatic heterocycles. The van der Waals surface area contributed by atoms with Crippen LogP contribution in [0, 0.1) is 18.3 Å². The van der Waals surface area contributed by atoms with Crippen LogP contribution in [-0.4, -0.2) is 28.6 Å². The standard InChI is InChI=1S/C21H23N7/c1-3-27(12-6-11-22)15-9-10-16(14(2)13-15)19-25-20(23)26-21-24-17-7-4-5-8-18(17)28(19)21/h4-5,7-10,13,19H,3,6,12H2,1-2H3,(H3,23,24,25,26). The molecule has 0 saturated heterocycles. The van der Waals surface area contributed by atoms with Crippen molar-refractivity contribution in [3.05, 3.63) is 53.6 Å². The van der Waals surface area contributed by atoms with Crippen molar-refractivity contribution < 1.29 is 0 Å². The lowest BCUT2D eigenvalue weighted by molar-refractivity contribution is 0.622. The number of aryl methyl sites for hydroxylation is 1. The molecule has 0 radical (unpaired) electrons. The number of guanidine groups is 1. The molecule has 28 heavy (non-hydrogen) atoms. The number of para-hydroxylation sites is 2. The number of aliphatic imine (C=N–C) groups is 1. The van der Waals surface area contributed by atoms with Crippen LogP contribution in [0.15, 0.2) is 47.5 Å². The maximum absolute atomic E-state index is 8.89. The minimum Gasteiger partial charge on any atom is -0.371 e. The number of nitrogens with two attached hydrogens (primary N) is 1. The Bertz CT molecular complexity index is 1090. The second-order valence-corrected chi connectivity index (χ2v) is 6.84. The van der Waals surface area contributed by atoms with Gasteiger partial charge in [-0.3, -0.25) is 9.88 Å². The monoisotopic (exact) mass is 373 g/mol. The summed E-state index contributed by atoms with van der Waals surface area (Å²) < 4.78 is 2.08. The van der Waals surface area contributed by atoms with Crippen LogP contribution in [0.5, 0.6) is 0 Å². The van der Waals surface area contributed by atoms with Crippen molar-refractivity contribution in [1.29, 1.82) is 5.26 Å². The lowest BCUT2D eigenvalue weighted by atomic mass is 10.0. The van der Waals surface area contributed by atoms with Gasteiger partial charge in [0.05, 0.1) is 23.5 Å². The number of nitriles is 1. The third-order valence-electron chi connectivity index (χ3n) is 5.11. The fourth-order valence-corrected chi connectivity index (χ4v) is 3.73. The number of imidazole rings is 1. The fourth-order valence-electron chi connectivity index (χ4n) is 3.73. The average molecular weight is 373 g/mol. The molecule has 1 aliphatic heterocycles. The van der Waals surface area contributed by atoms with Gasteiger partial charge in [-0.05, 0) is 43.7 Å². The lowest BCUT2D eigenvalue weighted by Gasteiger charge is -2.27. The molecule has 0 aliphatic carbocycles. The SMILES string of the molecule is CCN(CCC#N)c1ccc(C2N=C(N)Nc3nc4ccccc4n32)c(C)c1. The third-order valence-corrected chi connectivity index (χ3v) is 5.11. The molecule has 1 aliphatic rings. The molecule has 3 aromatic rings. The summed E-state index contributed by atoms with van der Waals surface area (Å²) in [7, 11) is 0. The minimum atomic E-state index is -0.271. The molecule has 0 spiro atoms. The molecule has 7 nitrogen and oxygen atoms in total. The minimum absolute atomic E-state index is 0.271. The summed E-state index contributed by atoms with van der Waals surface area (Å²) in [6, 6.07) is 16.6. The zero-order valence-electron chi connectivity index (χ0n) is 16.1. The molecular formula is C21H23N7. The van der Waals surface area contributed by atoms with Gasteiger partial charge in [0.2, 0.25) is 5.95 Å². The van der Waals surface area contributed by atoms with Crippen LogP contribution in [0.2, 0.25) is 0 Å².